The van der Waals surface area contributed by atoms with Crippen molar-refractivity contribution in [2.75, 3.05) is 25.5 Å². The molecule has 2 heterocycles. The Kier molecular flexibility index (Phi) is 4.85. The summed E-state index contributed by atoms with van der Waals surface area (Å²) in [6.07, 6.45) is 2.46. The summed E-state index contributed by atoms with van der Waals surface area (Å²) in [4.78, 5) is 21.0. The molecule has 8 nitrogen and oxygen atoms in total. The first kappa shape index (κ1) is 16.1. The van der Waals surface area contributed by atoms with Crippen LogP contribution in [0, 0.1) is 10.1 Å². The summed E-state index contributed by atoms with van der Waals surface area (Å²) in [5.41, 5.74) is 1.09. The fourth-order valence-electron chi connectivity index (χ4n) is 2.86. The van der Waals surface area contributed by atoms with Crippen LogP contribution in [0.2, 0.25) is 0 Å². The summed E-state index contributed by atoms with van der Waals surface area (Å²) in [6, 6.07) is 8.85. The number of ether oxygens (including phenoxy) is 1. The van der Waals surface area contributed by atoms with Gasteiger partial charge < -0.3 is 10.1 Å². The Morgan fingerprint density at radius 3 is 3.08 bits per heavy atom. The molecule has 3 rings (SSSR count). The molecule has 1 N–H and O–H groups in total. The molecule has 1 unspecified atom stereocenters. The number of aromatic nitrogens is 2. The quantitative estimate of drug-likeness (QED) is 0.640. The summed E-state index contributed by atoms with van der Waals surface area (Å²) in [6.45, 7) is 2.49. The van der Waals surface area contributed by atoms with E-state index in [0.29, 0.717) is 12.4 Å². The third-order valence-electron chi connectivity index (χ3n) is 4.00. The number of nitro groups is 1. The highest BCUT2D eigenvalue weighted by atomic mass is 16.6. The SMILES string of the molecule is COc1cc(NC2CCN(Cc3cccc([N+](=O)[O-])c3)C2)ncn1. The Bertz CT molecular complexity index is 724. The van der Waals surface area contributed by atoms with Gasteiger partial charge in [0.15, 0.2) is 0 Å². The molecule has 0 aliphatic carbocycles. The Balaban J connectivity index is 1.57. The van der Waals surface area contributed by atoms with Crippen LogP contribution in [0.4, 0.5) is 11.5 Å². The highest BCUT2D eigenvalue weighted by Gasteiger charge is 2.23. The number of benzene rings is 1. The predicted molar refractivity (Wildman–Crippen MR) is 89.0 cm³/mol. The van der Waals surface area contributed by atoms with E-state index < -0.39 is 0 Å². The first-order valence-corrected chi connectivity index (χ1v) is 7.72. The number of nitro benzene ring substituents is 1. The van der Waals surface area contributed by atoms with Crippen molar-refractivity contribution in [3.8, 4) is 5.88 Å². The van der Waals surface area contributed by atoms with Crippen LogP contribution in [0.3, 0.4) is 0 Å². The second-order valence-corrected chi connectivity index (χ2v) is 5.74. The topological polar surface area (TPSA) is 93.4 Å². The molecule has 8 heteroatoms. The third-order valence-corrected chi connectivity index (χ3v) is 4.00. The van der Waals surface area contributed by atoms with E-state index in [1.54, 1.807) is 25.3 Å². The molecule has 1 aliphatic rings. The Labute approximate surface area is 139 Å². The number of nitrogens with zero attached hydrogens (tertiary/aromatic N) is 4. The van der Waals surface area contributed by atoms with Gasteiger partial charge in [-0.1, -0.05) is 12.1 Å². The van der Waals surface area contributed by atoms with E-state index in [4.69, 9.17) is 4.74 Å². The lowest BCUT2D eigenvalue weighted by Crippen LogP contribution is -2.26. The average Bonchev–Trinajstić information content (AvgIpc) is 3.02. The van der Waals surface area contributed by atoms with Crippen LogP contribution >= 0.6 is 0 Å². The van der Waals surface area contributed by atoms with Crippen LogP contribution in [0.1, 0.15) is 12.0 Å². The van der Waals surface area contributed by atoms with E-state index in [9.17, 15) is 10.1 Å². The van der Waals surface area contributed by atoms with Gasteiger partial charge in [0.2, 0.25) is 5.88 Å². The van der Waals surface area contributed by atoms with Crippen molar-refractivity contribution in [2.45, 2.75) is 19.0 Å². The molecular formula is C16H19N5O3. The van der Waals surface area contributed by atoms with Gasteiger partial charge in [-0.3, -0.25) is 15.0 Å². The maximum atomic E-state index is 10.9. The predicted octanol–water partition coefficient (Wildman–Crippen LogP) is 2.08. The molecule has 0 spiro atoms. The summed E-state index contributed by atoms with van der Waals surface area (Å²) >= 11 is 0. The molecule has 24 heavy (non-hydrogen) atoms. The standard InChI is InChI=1S/C16H19N5O3/c1-24-16-8-15(17-11-18-16)19-13-5-6-20(10-13)9-12-3-2-4-14(7-12)21(22)23/h2-4,7-8,11,13H,5-6,9-10H2,1H3,(H,17,18,19). The smallest absolute Gasteiger partial charge is 0.269 e. The van der Waals surface area contributed by atoms with Crippen LogP contribution in [-0.2, 0) is 6.54 Å². The number of hydrogen-bond donors (Lipinski definition) is 1. The zero-order valence-corrected chi connectivity index (χ0v) is 13.4. The van der Waals surface area contributed by atoms with Crippen molar-refractivity contribution in [3.63, 3.8) is 0 Å². The minimum absolute atomic E-state index is 0.134. The second kappa shape index (κ2) is 7.22. The molecule has 0 bridgehead atoms. The number of non-ortho nitro benzene ring substituents is 1. The fourth-order valence-corrected chi connectivity index (χ4v) is 2.86. The van der Waals surface area contributed by atoms with Crippen LogP contribution in [-0.4, -0.2) is 46.0 Å². The van der Waals surface area contributed by atoms with Gasteiger partial charge in [-0.25, -0.2) is 9.97 Å². The van der Waals surface area contributed by atoms with Gasteiger partial charge in [0.05, 0.1) is 12.0 Å². The normalized spacial score (nSPS) is 17.6. The first-order valence-electron chi connectivity index (χ1n) is 7.72. The van der Waals surface area contributed by atoms with Gasteiger partial charge in [-0.15, -0.1) is 0 Å². The first-order chi connectivity index (χ1) is 11.6. The van der Waals surface area contributed by atoms with E-state index >= 15 is 0 Å². The van der Waals surface area contributed by atoms with Crippen molar-refractivity contribution >= 4 is 11.5 Å². The monoisotopic (exact) mass is 329 g/mol. The summed E-state index contributed by atoms with van der Waals surface area (Å²) in [7, 11) is 1.57. The minimum atomic E-state index is -0.361. The number of hydrogen-bond acceptors (Lipinski definition) is 7. The van der Waals surface area contributed by atoms with Crippen molar-refractivity contribution in [1.82, 2.24) is 14.9 Å². The minimum Gasteiger partial charge on any atom is -0.481 e. The Hall–Kier alpha value is -2.74. The molecule has 1 fully saturated rings. The maximum Gasteiger partial charge on any atom is 0.269 e. The van der Waals surface area contributed by atoms with Gasteiger partial charge in [-0.2, -0.15) is 0 Å². The molecule has 2 aromatic rings. The molecule has 1 aliphatic heterocycles. The zero-order valence-electron chi connectivity index (χ0n) is 13.4. The van der Waals surface area contributed by atoms with E-state index in [1.165, 1.54) is 12.4 Å². The van der Waals surface area contributed by atoms with Gasteiger partial charge in [-0.05, 0) is 12.0 Å². The molecule has 0 amide bonds. The zero-order chi connectivity index (χ0) is 16.9. The molecule has 126 valence electrons. The average molecular weight is 329 g/mol. The molecule has 0 saturated carbocycles. The lowest BCUT2D eigenvalue weighted by atomic mass is 10.2. The number of rotatable bonds is 6. The van der Waals surface area contributed by atoms with Gasteiger partial charge in [0.25, 0.3) is 5.69 Å². The van der Waals surface area contributed by atoms with Crippen molar-refractivity contribution < 1.29 is 9.66 Å². The Morgan fingerprint density at radius 1 is 1.42 bits per heavy atom. The van der Waals surface area contributed by atoms with E-state index in [-0.39, 0.29) is 16.7 Å². The molecule has 1 atom stereocenters. The lowest BCUT2D eigenvalue weighted by molar-refractivity contribution is -0.384. The van der Waals surface area contributed by atoms with Crippen LogP contribution in [0.25, 0.3) is 0 Å². The molecule has 0 radical (unpaired) electrons. The fraction of sp³-hybridized carbons (Fsp3) is 0.375. The van der Waals surface area contributed by atoms with Crippen LogP contribution in [0.15, 0.2) is 36.7 Å². The van der Waals surface area contributed by atoms with Gasteiger partial charge in [0.1, 0.15) is 12.1 Å². The van der Waals surface area contributed by atoms with Crippen LogP contribution < -0.4 is 10.1 Å². The van der Waals surface area contributed by atoms with E-state index in [2.05, 4.69) is 20.2 Å². The molecule has 1 saturated heterocycles. The summed E-state index contributed by atoms with van der Waals surface area (Å²) in [5, 5.41) is 14.2. The van der Waals surface area contributed by atoms with Crippen LogP contribution in [0.5, 0.6) is 5.88 Å². The van der Waals surface area contributed by atoms with E-state index in [1.807, 2.05) is 6.07 Å². The van der Waals surface area contributed by atoms with Crippen molar-refractivity contribution in [3.05, 3.63) is 52.3 Å². The second-order valence-electron chi connectivity index (χ2n) is 5.74. The molecule has 1 aromatic carbocycles. The largest absolute Gasteiger partial charge is 0.481 e. The third kappa shape index (κ3) is 3.96. The maximum absolute atomic E-state index is 10.9. The van der Waals surface area contributed by atoms with E-state index in [0.717, 1.165) is 30.9 Å². The summed E-state index contributed by atoms with van der Waals surface area (Å²) < 4.78 is 5.09. The van der Waals surface area contributed by atoms with Crippen molar-refractivity contribution in [2.24, 2.45) is 0 Å². The molecular weight excluding hydrogens is 310 g/mol. The number of likely N-dealkylation sites (tertiary alicyclic amines) is 1. The summed E-state index contributed by atoms with van der Waals surface area (Å²) in [5.74, 6) is 1.27. The molecule has 1 aromatic heterocycles. The lowest BCUT2D eigenvalue weighted by Gasteiger charge is -2.17. The number of methoxy groups -OCH3 is 1. The number of nitrogens with one attached hydrogen (secondary N) is 1. The van der Waals surface area contributed by atoms with Gasteiger partial charge >= 0.3 is 0 Å². The Morgan fingerprint density at radius 2 is 2.29 bits per heavy atom. The highest BCUT2D eigenvalue weighted by Crippen LogP contribution is 2.20. The van der Waals surface area contributed by atoms with Gasteiger partial charge in [0, 0.05) is 43.9 Å². The number of anilines is 1. The highest BCUT2D eigenvalue weighted by molar-refractivity contribution is 5.38. The van der Waals surface area contributed by atoms with Crippen molar-refractivity contribution in [1.29, 1.82) is 0 Å².